The first-order valence-electron chi connectivity index (χ1n) is 10.6. The highest BCUT2D eigenvalue weighted by molar-refractivity contribution is 6.01. The first-order chi connectivity index (χ1) is 15.6. The van der Waals surface area contributed by atoms with Crippen molar-refractivity contribution in [1.29, 1.82) is 0 Å². The molecule has 0 radical (unpaired) electrons. The number of phenols is 1. The van der Waals surface area contributed by atoms with E-state index in [1.807, 2.05) is 71.6 Å². The van der Waals surface area contributed by atoms with Gasteiger partial charge in [0.25, 0.3) is 5.91 Å². The molecule has 2 atom stereocenters. The van der Waals surface area contributed by atoms with Crippen LogP contribution in [0.3, 0.4) is 0 Å². The van der Waals surface area contributed by atoms with Gasteiger partial charge in [0.15, 0.2) is 0 Å². The van der Waals surface area contributed by atoms with Crippen LogP contribution in [0.4, 0.5) is 0 Å². The van der Waals surface area contributed by atoms with Crippen LogP contribution in [0, 0.1) is 0 Å². The molecule has 1 fully saturated rings. The molecule has 1 heterocycles. The molecule has 164 valence electrons. The van der Waals surface area contributed by atoms with Gasteiger partial charge in [0.2, 0.25) is 0 Å². The van der Waals surface area contributed by atoms with Crippen LogP contribution >= 0.6 is 0 Å². The fraction of sp³-hybridized carbons (Fsp3) is 0.231. The topological polar surface area (TPSA) is 78.9 Å². The number of nitrogens with zero attached hydrogens (tertiary/aromatic N) is 1. The van der Waals surface area contributed by atoms with Crippen LogP contribution in [0.5, 0.6) is 5.75 Å². The Morgan fingerprint density at radius 3 is 2.44 bits per heavy atom. The van der Waals surface area contributed by atoms with Gasteiger partial charge in [-0.2, -0.15) is 0 Å². The van der Waals surface area contributed by atoms with E-state index in [0.29, 0.717) is 25.1 Å². The predicted octanol–water partition coefficient (Wildman–Crippen LogP) is 3.61. The molecule has 0 aliphatic carbocycles. The lowest BCUT2D eigenvalue weighted by Gasteiger charge is -2.22. The lowest BCUT2D eigenvalue weighted by molar-refractivity contribution is -0.146. The fourth-order valence-corrected chi connectivity index (χ4v) is 4.24. The molecule has 6 heteroatoms. The van der Waals surface area contributed by atoms with Crippen molar-refractivity contribution in [2.45, 2.75) is 25.0 Å². The lowest BCUT2D eigenvalue weighted by atomic mass is 9.99. The molecular weight excluding hydrogens is 404 g/mol. The Bertz CT molecular complexity index is 1100. The van der Waals surface area contributed by atoms with Crippen molar-refractivity contribution in [3.05, 3.63) is 90.0 Å². The van der Waals surface area contributed by atoms with Crippen LogP contribution in [0.2, 0.25) is 0 Å². The molecule has 0 spiro atoms. The summed E-state index contributed by atoms with van der Waals surface area (Å²) < 4.78 is 4.99. The number of nitrogens with one attached hydrogen (secondary N) is 1. The van der Waals surface area contributed by atoms with Gasteiger partial charge < -0.3 is 15.2 Å². The number of methoxy groups -OCH3 is 1. The number of rotatable bonds is 6. The molecule has 1 aliphatic rings. The summed E-state index contributed by atoms with van der Waals surface area (Å²) in [6.07, 6.45) is 0.444. The minimum atomic E-state index is -0.491. The minimum Gasteiger partial charge on any atom is -0.508 e. The molecule has 1 aliphatic heterocycles. The third-order valence-electron chi connectivity index (χ3n) is 5.83. The van der Waals surface area contributed by atoms with Gasteiger partial charge in [0.05, 0.1) is 7.11 Å². The SMILES string of the molecule is COC(=O)[C@@H]1C[C@@H](NC(=O)c2ccccc2-c2ccccc2)CN1Cc1ccccc1O. The van der Waals surface area contributed by atoms with Gasteiger partial charge in [-0.25, -0.2) is 0 Å². The summed E-state index contributed by atoms with van der Waals surface area (Å²) in [4.78, 5) is 27.5. The van der Waals surface area contributed by atoms with Gasteiger partial charge >= 0.3 is 5.97 Å². The summed E-state index contributed by atoms with van der Waals surface area (Å²) in [5.74, 6) is -0.343. The zero-order valence-corrected chi connectivity index (χ0v) is 17.9. The molecule has 3 aromatic carbocycles. The third kappa shape index (κ3) is 4.65. The second-order valence-corrected chi connectivity index (χ2v) is 7.91. The molecular formula is C26H26N2O4. The maximum absolute atomic E-state index is 13.2. The van der Waals surface area contributed by atoms with Crippen molar-refractivity contribution >= 4 is 11.9 Å². The quantitative estimate of drug-likeness (QED) is 0.584. The Kier molecular flexibility index (Phi) is 6.52. The van der Waals surface area contributed by atoms with E-state index in [9.17, 15) is 14.7 Å². The van der Waals surface area contributed by atoms with Crippen LogP contribution in [-0.4, -0.2) is 47.6 Å². The summed E-state index contributed by atoms with van der Waals surface area (Å²) in [6.45, 7) is 0.868. The first-order valence-corrected chi connectivity index (χ1v) is 10.6. The van der Waals surface area contributed by atoms with Gasteiger partial charge in [0, 0.05) is 30.3 Å². The summed E-state index contributed by atoms with van der Waals surface area (Å²) in [7, 11) is 1.36. The summed E-state index contributed by atoms with van der Waals surface area (Å²) in [5.41, 5.74) is 3.15. The summed E-state index contributed by atoms with van der Waals surface area (Å²) in [6, 6.07) is 23.6. The van der Waals surface area contributed by atoms with Crippen molar-refractivity contribution in [1.82, 2.24) is 10.2 Å². The van der Waals surface area contributed by atoms with Crippen LogP contribution in [0.15, 0.2) is 78.9 Å². The first kappa shape index (κ1) is 21.6. The molecule has 0 aromatic heterocycles. The standard InChI is InChI=1S/C26H26N2O4/c1-32-26(31)23-15-20(17-28(23)16-19-11-5-8-14-24(19)29)27-25(30)22-13-7-6-12-21(22)18-9-3-2-4-10-18/h2-14,20,23,29H,15-17H2,1H3,(H,27,30)/t20-,23+/m1/s1. The van der Waals surface area contributed by atoms with E-state index in [2.05, 4.69) is 5.32 Å². The molecule has 0 saturated carbocycles. The number of esters is 1. The van der Waals surface area contributed by atoms with Crippen molar-refractivity contribution in [2.75, 3.05) is 13.7 Å². The second kappa shape index (κ2) is 9.66. The van der Waals surface area contributed by atoms with Crippen molar-refractivity contribution in [3.8, 4) is 16.9 Å². The van der Waals surface area contributed by atoms with Gasteiger partial charge in [-0.1, -0.05) is 66.7 Å². The van der Waals surface area contributed by atoms with Crippen molar-refractivity contribution in [2.24, 2.45) is 0 Å². The molecule has 1 amide bonds. The number of carbonyl (C=O) groups excluding carboxylic acids is 2. The van der Waals surface area contributed by atoms with E-state index in [-0.39, 0.29) is 23.7 Å². The number of para-hydroxylation sites is 1. The molecule has 6 nitrogen and oxygen atoms in total. The van der Waals surface area contributed by atoms with Crippen LogP contribution in [0.1, 0.15) is 22.3 Å². The molecule has 2 N–H and O–H groups in total. The molecule has 3 aromatic rings. The molecule has 0 unspecified atom stereocenters. The summed E-state index contributed by atoms with van der Waals surface area (Å²) in [5, 5.41) is 13.2. The molecule has 4 rings (SSSR count). The largest absolute Gasteiger partial charge is 0.508 e. The van der Waals surface area contributed by atoms with Gasteiger partial charge in [-0.15, -0.1) is 0 Å². The Morgan fingerprint density at radius 2 is 1.69 bits per heavy atom. The fourth-order valence-electron chi connectivity index (χ4n) is 4.24. The van der Waals surface area contributed by atoms with E-state index in [0.717, 1.165) is 16.7 Å². The lowest BCUT2D eigenvalue weighted by Crippen LogP contribution is -2.37. The molecule has 1 saturated heterocycles. The highest BCUT2D eigenvalue weighted by Gasteiger charge is 2.38. The van der Waals surface area contributed by atoms with Crippen LogP contribution < -0.4 is 5.32 Å². The number of likely N-dealkylation sites (tertiary alicyclic amines) is 1. The van der Waals surface area contributed by atoms with Crippen molar-refractivity contribution < 1.29 is 19.4 Å². The number of benzene rings is 3. The number of ether oxygens (including phenoxy) is 1. The number of aromatic hydroxyl groups is 1. The monoisotopic (exact) mass is 430 g/mol. The molecule has 32 heavy (non-hydrogen) atoms. The molecule has 0 bridgehead atoms. The highest BCUT2D eigenvalue weighted by atomic mass is 16.5. The number of amides is 1. The van der Waals surface area contributed by atoms with Crippen LogP contribution in [0.25, 0.3) is 11.1 Å². The van der Waals surface area contributed by atoms with Gasteiger partial charge in [0.1, 0.15) is 11.8 Å². The normalized spacial score (nSPS) is 18.3. The smallest absolute Gasteiger partial charge is 0.323 e. The van der Waals surface area contributed by atoms with E-state index < -0.39 is 6.04 Å². The Labute approximate surface area is 187 Å². The Morgan fingerprint density at radius 1 is 1.00 bits per heavy atom. The average molecular weight is 431 g/mol. The number of hydrogen-bond acceptors (Lipinski definition) is 5. The number of carbonyl (C=O) groups is 2. The predicted molar refractivity (Wildman–Crippen MR) is 122 cm³/mol. The summed E-state index contributed by atoms with van der Waals surface area (Å²) >= 11 is 0. The van der Waals surface area contributed by atoms with E-state index in [1.165, 1.54) is 7.11 Å². The van der Waals surface area contributed by atoms with Crippen molar-refractivity contribution in [3.63, 3.8) is 0 Å². The number of hydrogen-bond donors (Lipinski definition) is 2. The van der Waals surface area contributed by atoms with Crippen LogP contribution in [-0.2, 0) is 16.1 Å². The maximum Gasteiger partial charge on any atom is 0.323 e. The zero-order chi connectivity index (χ0) is 22.5. The number of phenolic OH excluding ortho intramolecular Hbond substituents is 1. The maximum atomic E-state index is 13.2. The minimum absolute atomic E-state index is 0.178. The second-order valence-electron chi connectivity index (χ2n) is 7.91. The van der Waals surface area contributed by atoms with E-state index >= 15 is 0 Å². The van der Waals surface area contributed by atoms with Gasteiger partial charge in [-0.3, -0.25) is 14.5 Å². The Hall–Kier alpha value is -3.64. The Balaban J connectivity index is 1.52. The zero-order valence-electron chi connectivity index (χ0n) is 17.9. The highest BCUT2D eigenvalue weighted by Crippen LogP contribution is 2.27. The average Bonchev–Trinajstić information content (AvgIpc) is 3.22. The van der Waals surface area contributed by atoms with E-state index in [4.69, 9.17) is 4.74 Å². The van der Waals surface area contributed by atoms with Gasteiger partial charge in [-0.05, 0) is 29.7 Å². The third-order valence-corrected chi connectivity index (χ3v) is 5.83. The van der Waals surface area contributed by atoms with E-state index in [1.54, 1.807) is 12.1 Å².